The van der Waals surface area contributed by atoms with Crippen LogP contribution in [0.4, 0.5) is 0 Å². The summed E-state index contributed by atoms with van der Waals surface area (Å²) in [4.78, 5) is 39.6. The minimum Gasteiger partial charge on any atom is -0.478 e. The minimum absolute atomic E-state index is 0.0139. The van der Waals surface area contributed by atoms with E-state index in [1.165, 1.54) is 12.1 Å². The molecule has 0 radical (unpaired) electrons. The van der Waals surface area contributed by atoms with Crippen LogP contribution in [0.5, 0.6) is 0 Å². The minimum atomic E-state index is -0.975. The second kappa shape index (κ2) is 8.12. The fraction of sp³-hybridized carbons (Fsp3) is 0.526. The Kier molecular flexibility index (Phi) is 6.34. The molecule has 2 amide bonds. The van der Waals surface area contributed by atoms with Gasteiger partial charge >= 0.3 is 5.97 Å². The van der Waals surface area contributed by atoms with Crippen molar-refractivity contribution in [2.45, 2.75) is 39.8 Å². The van der Waals surface area contributed by atoms with E-state index in [-0.39, 0.29) is 22.8 Å². The Morgan fingerprint density at radius 3 is 2.38 bits per heavy atom. The fourth-order valence-corrected chi connectivity index (χ4v) is 3.98. The number of benzene rings is 1. The van der Waals surface area contributed by atoms with Crippen molar-refractivity contribution in [2.75, 3.05) is 18.7 Å². The molecule has 7 heteroatoms. The molecule has 1 fully saturated rings. The van der Waals surface area contributed by atoms with Gasteiger partial charge in [0.1, 0.15) is 6.04 Å². The average molecular weight is 378 g/mol. The molecule has 1 saturated heterocycles. The van der Waals surface area contributed by atoms with Gasteiger partial charge in [0.15, 0.2) is 0 Å². The van der Waals surface area contributed by atoms with Gasteiger partial charge in [-0.2, -0.15) is 0 Å². The van der Waals surface area contributed by atoms with Crippen LogP contribution < -0.4 is 0 Å². The summed E-state index contributed by atoms with van der Waals surface area (Å²) < 4.78 is 0. The van der Waals surface area contributed by atoms with Crippen LogP contribution >= 0.6 is 11.8 Å². The van der Waals surface area contributed by atoms with E-state index in [4.69, 9.17) is 5.11 Å². The van der Waals surface area contributed by atoms with E-state index < -0.39 is 12.0 Å². The van der Waals surface area contributed by atoms with Gasteiger partial charge in [0.2, 0.25) is 11.8 Å². The number of amides is 2. The van der Waals surface area contributed by atoms with Crippen LogP contribution in [0.2, 0.25) is 0 Å². The predicted molar refractivity (Wildman–Crippen MR) is 102 cm³/mol. The Hall–Kier alpha value is -2.02. The van der Waals surface area contributed by atoms with Crippen molar-refractivity contribution in [3.63, 3.8) is 0 Å². The SMILES string of the molecule is CN(Cc1ccc(C(=O)O)cc1)C(=O)C1CSCN1C(=O)CC(C)(C)C. The number of nitrogens with zero attached hydrogens (tertiary/aromatic N) is 2. The van der Waals surface area contributed by atoms with E-state index in [0.717, 1.165) is 5.56 Å². The van der Waals surface area contributed by atoms with E-state index in [1.807, 2.05) is 20.8 Å². The van der Waals surface area contributed by atoms with Gasteiger partial charge < -0.3 is 14.9 Å². The van der Waals surface area contributed by atoms with Gasteiger partial charge in [0.25, 0.3) is 0 Å². The van der Waals surface area contributed by atoms with Crippen molar-refractivity contribution in [3.05, 3.63) is 35.4 Å². The van der Waals surface area contributed by atoms with Crippen LogP contribution in [0.25, 0.3) is 0 Å². The van der Waals surface area contributed by atoms with Gasteiger partial charge in [0, 0.05) is 25.8 Å². The third-order valence-electron chi connectivity index (χ3n) is 4.17. The van der Waals surface area contributed by atoms with Crippen LogP contribution in [0.15, 0.2) is 24.3 Å². The zero-order chi connectivity index (χ0) is 19.5. The molecule has 1 N–H and O–H groups in total. The summed E-state index contributed by atoms with van der Waals surface area (Å²) >= 11 is 1.59. The molecule has 6 nitrogen and oxygen atoms in total. The van der Waals surface area contributed by atoms with Crippen molar-refractivity contribution >= 4 is 29.5 Å². The summed E-state index contributed by atoms with van der Waals surface area (Å²) in [7, 11) is 1.71. The van der Waals surface area contributed by atoms with E-state index in [2.05, 4.69) is 0 Å². The molecule has 1 aliphatic rings. The molecule has 1 unspecified atom stereocenters. The summed E-state index contributed by atoms with van der Waals surface area (Å²) in [5.74, 6) is 0.111. The lowest BCUT2D eigenvalue weighted by Gasteiger charge is -2.29. The highest BCUT2D eigenvalue weighted by Crippen LogP contribution is 2.27. The second-order valence-electron chi connectivity index (χ2n) is 7.81. The number of carbonyl (C=O) groups excluding carboxylic acids is 2. The second-order valence-corrected chi connectivity index (χ2v) is 8.81. The molecule has 1 atom stereocenters. The summed E-state index contributed by atoms with van der Waals surface area (Å²) in [6, 6.07) is 6.04. The van der Waals surface area contributed by atoms with Crippen molar-refractivity contribution in [3.8, 4) is 0 Å². The van der Waals surface area contributed by atoms with Gasteiger partial charge in [-0.1, -0.05) is 32.9 Å². The molecule has 142 valence electrons. The first kappa shape index (κ1) is 20.3. The van der Waals surface area contributed by atoms with Gasteiger partial charge in [0.05, 0.1) is 11.4 Å². The Morgan fingerprint density at radius 1 is 1.23 bits per heavy atom. The van der Waals surface area contributed by atoms with Crippen molar-refractivity contribution in [1.82, 2.24) is 9.80 Å². The number of likely N-dealkylation sites (N-methyl/N-ethyl adjacent to an activating group) is 1. The maximum atomic E-state index is 12.8. The van der Waals surface area contributed by atoms with Crippen LogP contribution in [0.3, 0.4) is 0 Å². The Labute approximate surface area is 158 Å². The molecule has 0 aromatic heterocycles. The van der Waals surface area contributed by atoms with Crippen molar-refractivity contribution < 1.29 is 19.5 Å². The van der Waals surface area contributed by atoms with Gasteiger partial charge in [-0.3, -0.25) is 9.59 Å². The van der Waals surface area contributed by atoms with Crippen LogP contribution in [0, 0.1) is 5.41 Å². The van der Waals surface area contributed by atoms with E-state index in [9.17, 15) is 14.4 Å². The smallest absolute Gasteiger partial charge is 0.335 e. The highest BCUT2D eigenvalue weighted by molar-refractivity contribution is 7.99. The van der Waals surface area contributed by atoms with Gasteiger partial charge in [-0.25, -0.2) is 4.79 Å². The number of carboxylic acids is 1. The summed E-state index contributed by atoms with van der Waals surface area (Å²) in [6.45, 7) is 6.41. The Bertz CT molecular complexity index is 682. The zero-order valence-electron chi connectivity index (χ0n) is 15.7. The topological polar surface area (TPSA) is 77.9 Å². The molecule has 1 aromatic rings. The Balaban J connectivity index is 2.02. The fourth-order valence-electron chi connectivity index (χ4n) is 2.81. The number of rotatable bonds is 5. The number of carbonyl (C=O) groups is 3. The number of thioether (sulfide) groups is 1. The molecular weight excluding hydrogens is 352 g/mol. The largest absolute Gasteiger partial charge is 0.478 e. The molecular formula is C19H26N2O4S. The van der Waals surface area contributed by atoms with E-state index in [0.29, 0.717) is 24.6 Å². The van der Waals surface area contributed by atoms with Gasteiger partial charge in [-0.15, -0.1) is 11.8 Å². The first-order chi connectivity index (χ1) is 12.1. The summed E-state index contributed by atoms with van der Waals surface area (Å²) in [6.07, 6.45) is 0.414. The molecule has 1 aromatic carbocycles. The lowest BCUT2D eigenvalue weighted by molar-refractivity contribution is -0.143. The van der Waals surface area contributed by atoms with Crippen molar-refractivity contribution in [2.24, 2.45) is 5.41 Å². The van der Waals surface area contributed by atoms with Crippen LogP contribution in [0.1, 0.15) is 43.1 Å². The summed E-state index contributed by atoms with van der Waals surface area (Å²) in [5.41, 5.74) is 0.952. The van der Waals surface area contributed by atoms with Gasteiger partial charge in [-0.05, 0) is 23.1 Å². The quantitative estimate of drug-likeness (QED) is 0.852. The van der Waals surface area contributed by atoms with Crippen LogP contribution in [-0.4, -0.2) is 57.4 Å². The third kappa shape index (κ3) is 5.24. The van der Waals surface area contributed by atoms with E-state index >= 15 is 0 Å². The summed E-state index contributed by atoms with van der Waals surface area (Å²) in [5, 5.41) is 8.95. The molecule has 1 heterocycles. The van der Waals surface area contributed by atoms with E-state index in [1.54, 1.807) is 40.7 Å². The van der Waals surface area contributed by atoms with Crippen LogP contribution in [-0.2, 0) is 16.1 Å². The maximum absolute atomic E-state index is 12.8. The first-order valence-corrected chi connectivity index (χ1v) is 9.68. The average Bonchev–Trinajstić information content (AvgIpc) is 3.02. The molecule has 26 heavy (non-hydrogen) atoms. The lowest BCUT2D eigenvalue weighted by atomic mass is 9.91. The third-order valence-corrected chi connectivity index (χ3v) is 5.18. The number of hydrogen-bond acceptors (Lipinski definition) is 4. The zero-order valence-corrected chi connectivity index (χ0v) is 16.5. The molecule has 0 saturated carbocycles. The molecule has 0 aliphatic carbocycles. The van der Waals surface area contributed by atoms with Crippen molar-refractivity contribution in [1.29, 1.82) is 0 Å². The molecule has 2 rings (SSSR count). The standard InChI is InChI=1S/C19H26N2O4S/c1-19(2,3)9-16(22)21-12-26-11-15(21)17(23)20(4)10-13-5-7-14(8-6-13)18(24)25/h5-8,15H,9-12H2,1-4H3,(H,24,25). The molecule has 0 spiro atoms. The Morgan fingerprint density at radius 2 is 1.85 bits per heavy atom. The first-order valence-electron chi connectivity index (χ1n) is 8.53. The number of carboxylic acid groups (broad SMARTS) is 1. The maximum Gasteiger partial charge on any atom is 0.335 e. The lowest BCUT2D eigenvalue weighted by Crippen LogP contribution is -2.48. The normalized spacial score (nSPS) is 17.2. The highest BCUT2D eigenvalue weighted by Gasteiger charge is 2.37. The monoisotopic (exact) mass is 378 g/mol. The molecule has 1 aliphatic heterocycles. The highest BCUT2D eigenvalue weighted by atomic mass is 32.2. The number of aromatic carboxylic acids is 1. The molecule has 0 bridgehead atoms. The predicted octanol–water partition coefficient (Wildman–Crippen LogP) is 2.68. The number of hydrogen-bond donors (Lipinski definition) is 1.